The van der Waals surface area contributed by atoms with Crippen LogP contribution in [-0.2, 0) is 4.74 Å². The van der Waals surface area contributed by atoms with Crippen LogP contribution in [0.15, 0.2) is 12.1 Å². The van der Waals surface area contributed by atoms with E-state index in [0.29, 0.717) is 12.2 Å². The molecule has 100 valence electrons. The van der Waals surface area contributed by atoms with Crippen molar-refractivity contribution >= 4 is 5.97 Å². The summed E-state index contributed by atoms with van der Waals surface area (Å²) in [6.07, 6.45) is 0.864. The van der Waals surface area contributed by atoms with E-state index >= 15 is 0 Å². The third kappa shape index (κ3) is 3.76. The molecule has 0 aliphatic rings. The fraction of sp³-hybridized carbons (Fsp3) is 0.533. The van der Waals surface area contributed by atoms with Gasteiger partial charge in [-0.1, -0.05) is 6.92 Å². The highest BCUT2D eigenvalue weighted by molar-refractivity contribution is 5.91. The zero-order valence-electron chi connectivity index (χ0n) is 11.9. The topological polar surface area (TPSA) is 35.5 Å². The molecule has 0 bridgehead atoms. The van der Waals surface area contributed by atoms with Gasteiger partial charge >= 0.3 is 5.97 Å². The Kier molecular flexibility index (Phi) is 5.20. The largest absolute Gasteiger partial charge is 0.493 e. The number of aryl methyl sites for hydroxylation is 2. The minimum absolute atomic E-state index is 0.103. The average molecular weight is 250 g/mol. The van der Waals surface area contributed by atoms with E-state index in [0.717, 1.165) is 23.3 Å². The number of ether oxygens (including phenoxy) is 2. The maximum Gasteiger partial charge on any atom is 0.338 e. The van der Waals surface area contributed by atoms with Crippen molar-refractivity contribution in [1.29, 1.82) is 0 Å². The number of carbonyl (C=O) groups is 1. The summed E-state index contributed by atoms with van der Waals surface area (Å²) in [6.45, 7) is 10.3. The molecule has 0 heterocycles. The first-order chi connectivity index (χ1) is 8.45. The van der Waals surface area contributed by atoms with Crippen molar-refractivity contribution in [3.8, 4) is 5.75 Å². The molecule has 0 aliphatic carbocycles. The summed E-state index contributed by atoms with van der Waals surface area (Å²) in [5, 5.41) is 0. The summed E-state index contributed by atoms with van der Waals surface area (Å²) in [5.74, 6) is 0.572. The lowest BCUT2D eigenvalue weighted by atomic mass is 10.0. The summed E-state index contributed by atoms with van der Waals surface area (Å²) < 4.78 is 10.8. The molecule has 1 aromatic rings. The van der Waals surface area contributed by atoms with E-state index in [-0.39, 0.29) is 12.1 Å². The molecule has 0 amide bonds. The van der Waals surface area contributed by atoms with Crippen LogP contribution in [0.4, 0.5) is 0 Å². The Morgan fingerprint density at radius 3 is 2.44 bits per heavy atom. The van der Waals surface area contributed by atoms with Gasteiger partial charge in [0.05, 0.1) is 18.3 Å². The molecule has 0 unspecified atom stereocenters. The Balaban J connectivity index is 2.95. The standard InChI is InChI=1S/C15H22O3/c1-6-7-17-14-9-11(4)13(8-12(14)5)15(16)18-10(2)3/h8-10H,6-7H2,1-5H3. The molecule has 3 nitrogen and oxygen atoms in total. The summed E-state index contributed by atoms with van der Waals surface area (Å²) >= 11 is 0. The van der Waals surface area contributed by atoms with E-state index in [4.69, 9.17) is 9.47 Å². The van der Waals surface area contributed by atoms with Crippen molar-refractivity contribution in [1.82, 2.24) is 0 Å². The van der Waals surface area contributed by atoms with Crippen LogP contribution in [0.5, 0.6) is 5.75 Å². The summed E-state index contributed by atoms with van der Waals surface area (Å²) in [5.41, 5.74) is 2.46. The third-order valence-corrected chi connectivity index (χ3v) is 2.55. The summed E-state index contributed by atoms with van der Waals surface area (Å²) in [6, 6.07) is 3.74. The molecular weight excluding hydrogens is 228 g/mol. The predicted molar refractivity (Wildman–Crippen MR) is 72.3 cm³/mol. The van der Waals surface area contributed by atoms with E-state index in [1.807, 2.05) is 39.8 Å². The van der Waals surface area contributed by atoms with Crippen molar-refractivity contribution in [2.24, 2.45) is 0 Å². The highest BCUT2D eigenvalue weighted by Crippen LogP contribution is 2.23. The van der Waals surface area contributed by atoms with Gasteiger partial charge in [0, 0.05) is 0 Å². The monoisotopic (exact) mass is 250 g/mol. The second-order valence-corrected chi connectivity index (χ2v) is 4.74. The van der Waals surface area contributed by atoms with Crippen molar-refractivity contribution in [3.05, 3.63) is 28.8 Å². The van der Waals surface area contributed by atoms with E-state index < -0.39 is 0 Å². The summed E-state index contributed by atoms with van der Waals surface area (Å²) in [4.78, 5) is 11.9. The fourth-order valence-electron chi connectivity index (χ4n) is 1.65. The Morgan fingerprint density at radius 2 is 1.89 bits per heavy atom. The zero-order chi connectivity index (χ0) is 13.7. The minimum Gasteiger partial charge on any atom is -0.493 e. The Labute approximate surface area is 109 Å². The van der Waals surface area contributed by atoms with Gasteiger partial charge in [0.15, 0.2) is 0 Å². The lowest BCUT2D eigenvalue weighted by Gasteiger charge is -2.14. The highest BCUT2D eigenvalue weighted by atomic mass is 16.5. The first-order valence-electron chi connectivity index (χ1n) is 6.40. The number of rotatable bonds is 5. The molecule has 0 atom stereocenters. The first kappa shape index (κ1) is 14.6. The third-order valence-electron chi connectivity index (χ3n) is 2.55. The van der Waals surface area contributed by atoms with Gasteiger partial charge in [0.1, 0.15) is 5.75 Å². The number of hydrogen-bond donors (Lipinski definition) is 0. The van der Waals surface area contributed by atoms with Crippen molar-refractivity contribution in [2.45, 2.75) is 47.1 Å². The molecular formula is C15H22O3. The molecule has 1 aromatic carbocycles. The lowest BCUT2D eigenvalue weighted by Crippen LogP contribution is -2.13. The first-order valence-corrected chi connectivity index (χ1v) is 6.40. The molecule has 0 saturated carbocycles. The molecule has 0 aromatic heterocycles. The maximum atomic E-state index is 11.9. The van der Waals surface area contributed by atoms with Crippen LogP contribution in [0, 0.1) is 13.8 Å². The van der Waals surface area contributed by atoms with E-state index in [1.54, 1.807) is 0 Å². The quantitative estimate of drug-likeness (QED) is 0.748. The summed E-state index contributed by atoms with van der Waals surface area (Å²) in [7, 11) is 0. The van der Waals surface area contributed by atoms with Crippen LogP contribution in [-0.4, -0.2) is 18.7 Å². The Bertz CT molecular complexity index is 422. The average Bonchev–Trinajstić information content (AvgIpc) is 2.28. The molecule has 3 heteroatoms. The van der Waals surface area contributed by atoms with Crippen LogP contribution in [0.1, 0.15) is 48.7 Å². The molecule has 1 rings (SSSR count). The number of benzene rings is 1. The van der Waals surface area contributed by atoms with Gasteiger partial charge in [-0.2, -0.15) is 0 Å². The van der Waals surface area contributed by atoms with Gasteiger partial charge in [-0.05, 0) is 57.4 Å². The van der Waals surface area contributed by atoms with Gasteiger partial charge < -0.3 is 9.47 Å². The minimum atomic E-state index is -0.271. The molecule has 0 radical (unpaired) electrons. The molecule has 0 fully saturated rings. The van der Waals surface area contributed by atoms with Gasteiger partial charge in [0.2, 0.25) is 0 Å². The van der Waals surface area contributed by atoms with Gasteiger partial charge in [-0.25, -0.2) is 4.79 Å². The normalized spacial score (nSPS) is 10.6. The van der Waals surface area contributed by atoms with E-state index in [1.165, 1.54) is 0 Å². The van der Waals surface area contributed by atoms with Crippen LogP contribution >= 0.6 is 0 Å². The fourth-order valence-corrected chi connectivity index (χ4v) is 1.65. The second-order valence-electron chi connectivity index (χ2n) is 4.74. The lowest BCUT2D eigenvalue weighted by molar-refractivity contribution is 0.0377. The van der Waals surface area contributed by atoms with Crippen LogP contribution in [0.2, 0.25) is 0 Å². The van der Waals surface area contributed by atoms with Gasteiger partial charge in [0.25, 0.3) is 0 Å². The molecule has 18 heavy (non-hydrogen) atoms. The maximum absolute atomic E-state index is 11.9. The van der Waals surface area contributed by atoms with Gasteiger partial charge in [-0.15, -0.1) is 0 Å². The predicted octanol–water partition coefficient (Wildman–Crippen LogP) is 3.66. The van der Waals surface area contributed by atoms with Crippen molar-refractivity contribution in [3.63, 3.8) is 0 Å². The smallest absolute Gasteiger partial charge is 0.338 e. The number of esters is 1. The second kappa shape index (κ2) is 6.43. The van der Waals surface area contributed by atoms with Crippen molar-refractivity contribution < 1.29 is 14.3 Å². The SMILES string of the molecule is CCCOc1cc(C)c(C(=O)OC(C)C)cc1C. The Morgan fingerprint density at radius 1 is 1.22 bits per heavy atom. The number of hydrogen-bond acceptors (Lipinski definition) is 3. The molecule has 0 aliphatic heterocycles. The Hall–Kier alpha value is -1.51. The molecule has 0 saturated heterocycles. The molecule has 0 N–H and O–H groups in total. The van der Waals surface area contributed by atoms with Crippen molar-refractivity contribution in [2.75, 3.05) is 6.61 Å². The highest BCUT2D eigenvalue weighted by Gasteiger charge is 2.14. The molecule has 0 spiro atoms. The van der Waals surface area contributed by atoms with Crippen LogP contribution < -0.4 is 4.74 Å². The van der Waals surface area contributed by atoms with Crippen LogP contribution in [0.3, 0.4) is 0 Å². The van der Waals surface area contributed by atoms with Crippen LogP contribution in [0.25, 0.3) is 0 Å². The number of carbonyl (C=O) groups excluding carboxylic acids is 1. The zero-order valence-corrected chi connectivity index (χ0v) is 11.9. The van der Waals surface area contributed by atoms with E-state index in [9.17, 15) is 4.79 Å². The van der Waals surface area contributed by atoms with E-state index in [2.05, 4.69) is 6.92 Å². The van der Waals surface area contributed by atoms with Gasteiger partial charge in [-0.3, -0.25) is 0 Å².